The van der Waals surface area contributed by atoms with Gasteiger partial charge in [0, 0.05) is 12.5 Å². The lowest BCUT2D eigenvalue weighted by Gasteiger charge is -2.00. The molecule has 0 unspecified atom stereocenters. The molecular formula is C18H17ClN2O6. The van der Waals surface area contributed by atoms with Gasteiger partial charge in [-0.05, 0) is 18.6 Å². The summed E-state index contributed by atoms with van der Waals surface area (Å²) >= 11 is 5.92. The predicted octanol–water partition coefficient (Wildman–Crippen LogP) is 3.95. The highest BCUT2D eigenvalue weighted by Crippen LogP contribution is 2.38. The summed E-state index contributed by atoms with van der Waals surface area (Å²) in [6.45, 7) is 1.84. The zero-order valence-electron chi connectivity index (χ0n) is 14.3. The molecule has 0 saturated carbocycles. The Labute approximate surface area is 159 Å². The number of nitrogens with two attached hydrogens (primary N) is 1. The molecule has 3 rings (SSSR count). The van der Waals surface area contributed by atoms with Crippen molar-refractivity contribution in [1.82, 2.24) is 4.98 Å². The maximum Gasteiger partial charge on any atom is 0.303 e. The maximum absolute atomic E-state index is 11.2. The van der Waals surface area contributed by atoms with E-state index in [1.54, 1.807) is 24.3 Å². The Morgan fingerprint density at radius 1 is 1.30 bits per heavy atom. The Bertz CT molecular complexity index is 955. The van der Waals surface area contributed by atoms with Crippen molar-refractivity contribution in [3.8, 4) is 17.4 Å². The van der Waals surface area contributed by atoms with Gasteiger partial charge in [0.2, 0.25) is 0 Å². The molecule has 0 spiro atoms. The third-order valence-corrected chi connectivity index (χ3v) is 3.50. The van der Waals surface area contributed by atoms with Crippen molar-refractivity contribution in [2.24, 2.45) is 5.73 Å². The summed E-state index contributed by atoms with van der Waals surface area (Å²) in [6.07, 6.45) is 1.02. The van der Waals surface area contributed by atoms with Crippen LogP contribution in [0.4, 0.5) is 0 Å². The van der Waals surface area contributed by atoms with E-state index in [9.17, 15) is 14.7 Å². The topological polar surface area (TPSA) is 136 Å². The van der Waals surface area contributed by atoms with Gasteiger partial charge in [-0.2, -0.15) is 0 Å². The monoisotopic (exact) mass is 392 g/mol. The summed E-state index contributed by atoms with van der Waals surface area (Å²) in [5.74, 6) is -1.33. The number of carboxylic acid groups (broad SMARTS) is 1. The van der Waals surface area contributed by atoms with Crippen molar-refractivity contribution in [2.45, 2.75) is 19.8 Å². The fraction of sp³-hybridized carbons (Fsp3) is 0.167. The maximum atomic E-state index is 11.2. The fourth-order valence-electron chi connectivity index (χ4n) is 2.07. The molecule has 2 heterocycles. The Morgan fingerprint density at radius 3 is 2.48 bits per heavy atom. The number of furan rings is 1. The van der Waals surface area contributed by atoms with E-state index in [0.29, 0.717) is 12.2 Å². The van der Waals surface area contributed by atoms with E-state index < -0.39 is 17.6 Å². The number of aromatic hydroxyl groups is 1. The molecule has 0 aliphatic carbocycles. The third kappa shape index (κ3) is 5.11. The van der Waals surface area contributed by atoms with E-state index >= 15 is 0 Å². The number of halogens is 1. The molecule has 4 N–H and O–H groups in total. The van der Waals surface area contributed by atoms with Crippen molar-refractivity contribution in [3.05, 3.63) is 47.2 Å². The van der Waals surface area contributed by atoms with Crippen molar-refractivity contribution >= 4 is 34.4 Å². The van der Waals surface area contributed by atoms with Crippen molar-refractivity contribution < 1.29 is 29.0 Å². The van der Waals surface area contributed by atoms with Crippen LogP contribution in [0.15, 0.2) is 40.8 Å². The van der Waals surface area contributed by atoms with Crippen LogP contribution in [0.5, 0.6) is 17.4 Å². The predicted molar refractivity (Wildman–Crippen MR) is 98.3 cm³/mol. The lowest BCUT2D eigenvalue weighted by Crippen LogP contribution is -2.13. The molecule has 9 heteroatoms. The SMILES string of the molecule is CCCC(=O)O.NC(=O)c1nc(Cl)c2oc(Oc3ccccc3)cc2c1O. The van der Waals surface area contributed by atoms with Gasteiger partial charge in [0.25, 0.3) is 11.9 Å². The quantitative estimate of drug-likeness (QED) is 0.559. The highest BCUT2D eigenvalue weighted by atomic mass is 35.5. The zero-order chi connectivity index (χ0) is 20.0. The first-order valence-corrected chi connectivity index (χ1v) is 8.27. The number of carbonyl (C=O) groups is 2. The molecule has 142 valence electrons. The first kappa shape index (κ1) is 20.1. The summed E-state index contributed by atoms with van der Waals surface area (Å²) in [6, 6.07) is 10.3. The van der Waals surface area contributed by atoms with Crippen LogP contribution >= 0.6 is 11.6 Å². The van der Waals surface area contributed by atoms with E-state index in [1.165, 1.54) is 6.07 Å². The second-order valence-corrected chi connectivity index (χ2v) is 5.69. The second kappa shape index (κ2) is 8.91. The van der Waals surface area contributed by atoms with Gasteiger partial charge in [-0.3, -0.25) is 9.59 Å². The van der Waals surface area contributed by atoms with Gasteiger partial charge in [0.1, 0.15) is 5.75 Å². The Morgan fingerprint density at radius 2 is 1.96 bits per heavy atom. The number of primary amides is 1. The van der Waals surface area contributed by atoms with Gasteiger partial charge in [-0.15, -0.1) is 0 Å². The number of aromatic nitrogens is 1. The molecule has 0 radical (unpaired) electrons. The lowest BCUT2D eigenvalue weighted by atomic mass is 10.2. The average Bonchev–Trinajstić information content (AvgIpc) is 3.04. The van der Waals surface area contributed by atoms with Crippen LogP contribution in [0.3, 0.4) is 0 Å². The number of benzene rings is 1. The number of rotatable bonds is 5. The molecule has 8 nitrogen and oxygen atoms in total. The standard InChI is InChI=1S/C14H9ClN2O4.C4H8O2/c15-13-12-8(11(18)10(17-13)14(16)19)6-9(21-12)20-7-4-2-1-3-5-7;1-2-3-4(5)6/h1-6,18H,(H2,16,19);2-3H2,1H3,(H,5,6). The minimum absolute atomic E-state index is 0.0838. The molecule has 0 bridgehead atoms. The molecule has 0 atom stereocenters. The first-order valence-electron chi connectivity index (χ1n) is 7.90. The van der Waals surface area contributed by atoms with E-state index in [0.717, 1.165) is 6.42 Å². The number of aliphatic carboxylic acids is 1. The zero-order valence-corrected chi connectivity index (χ0v) is 15.1. The van der Waals surface area contributed by atoms with Crippen LogP contribution in [0.1, 0.15) is 30.3 Å². The number of ether oxygens (including phenoxy) is 1. The van der Waals surface area contributed by atoms with E-state index in [2.05, 4.69) is 4.98 Å². The van der Waals surface area contributed by atoms with Gasteiger partial charge in [0.05, 0.1) is 5.39 Å². The number of hydrogen-bond donors (Lipinski definition) is 3. The highest BCUT2D eigenvalue weighted by Gasteiger charge is 2.20. The minimum Gasteiger partial charge on any atom is -0.505 e. The summed E-state index contributed by atoms with van der Waals surface area (Å²) in [5.41, 5.74) is 4.92. The molecule has 1 amide bonds. The number of para-hydroxylation sites is 1. The first-order chi connectivity index (χ1) is 12.8. The molecule has 1 aromatic carbocycles. The molecule has 0 aliphatic rings. The summed E-state index contributed by atoms with van der Waals surface area (Å²) in [4.78, 5) is 24.5. The number of amides is 1. The largest absolute Gasteiger partial charge is 0.505 e. The summed E-state index contributed by atoms with van der Waals surface area (Å²) < 4.78 is 10.9. The van der Waals surface area contributed by atoms with Crippen LogP contribution in [-0.4, -0.2) is 27.1 Å². The van der Waals surface area contributed by atoms with E-state index in [-0.39, 0.29) is 27.8 Å². The van der Waals surface area contributed by atoms with Gasteiger partial charge in [0.15, 0.2) is 22.2 Å². The van der Waals surface area contributed by atoms with Crippen LogP contribution in [0.25, 0.3) is 11.0 Å². The Hall–Kier alpha value is -3.26. The molecule has 0 saturated heterocycles. The number of fused-ring (bicyclic) bond motifs is 1. The van der Waals surface area contributed by atoms with Gasteiger partial charge in [-0.1, -0.05) is 36.7 Å². The highest BCUT2D eigenvalue weighted by molar-refractivity contribution is 6.34. The van der Waals surface area contributed by atoms with E-state index in [4.69, 9.17) is 31.6 Å². The molecule has 0 fully saturated rings. The molecular weight excluding hydrogens is 376 g/mol. The molecule has 0 aliphatic heterocycles. The van der Waals surface area contributed by atoms with Gasteiger partial charge >= 0.3 is 5.97 Å². The Kier molecular flexibility index (Phi) is 6.62. The number of nitrogens with zero attached hydrogens (tertiary/aromatic N) is 1. The number of carbonyl (C=O) groups excluding carboxylic acids is 1. The Balaban J connectivity index is 0.000000380. The normalized spacial score (nSPS) is 10.1. The van der Waals surface area contributed by atoms with Crippen LogP contribution < -0.4 is 10.5 Å². The smallest absolute Gasteiger partial charge is 0.303 e. The number of pyridine rings is 1. The van der Waals surface area contributed by atoms with E-state index in [1.807, 2.05) is 13.0 Å². The van der Waals surface area contributed by atoms with Gasteiger partial charge in [-0.25, -0.2) is 4.98 Å². The summed E-state index contributed by atoms with van der Waals surface area (Å²) in [5, 5.41) is 18.0. The van der Waals surface area contributed by atoms with Gasteiger partial charge < -0.3 is 25.1 Å². The summed E-state index contributed by atoms with van der Waals surface area (Å²) in [7, 11) is 0. The fourth-order valence-corrected chi connectivity index (χ4v) is 2.29. The number of carboxylic acids is 1. The molecule has 2 aromatic heterocycles. The second-order valence-electron chi connectivity index (χ2n) is 5.33. The average molecular weight is 393 g/mol. The minimum atomic E-state index is -0.886. The molecule has 27 heavy (non-hydrogen) atoms. The third-order valence-electron chi connectivity index (χ3n) is 3.25. The van der Waals surface area contributed by atoms with Crippen LogP contribution in [-0.2, 0) is 4.79 Å². The van der Waals surface area contributed by atoms with Crippen molar-refractivity contribution in [3.63, 3.8) is 0 Å². The van der Waals surface area contributed by atoms with Crippen LogP contribution in [0, 0.1) is 0 Å². The molecule has 3 aromatic rings. The lowest BCUT2D eigenvalue weighted by molar-refractivity contribution is -0.137. The van der Waals surface area contributed by atoms with Crippen molar-refractivity contribution in [2.75, 3.05) is 0 Å². The van der Waals surface area contributed by atoms with Crippen LogP contribution in [0.2, 0.25) is 5.15 Å². The van der Waals surface area contributed by atoms with Crippen molar-refractivity contribution in [1.29, 1.82) is 0 Å². The number of hydrogen-bond acceptors (Lipinski definition) is 6.